The number of alkyl carbamates (subject to hydrolysis) is 2. The number of carbonyl (C=O) groups excluding carboxylic acids is 4. The van der Waals surface area contributed by atoms with Gasteiger partial charge in [0.05, 0.1) is 77.8 Å². The van der Waals surface area contributed by atoms with E-state index < -0.39 is 36.3 Å². The summed E-state index contributed by atoms with van der Waals surface area (Å²) in [5.74, 6) is 1.11. The molecule has 4 aromatic heterocycles. The number of halogens is 1. The first-order valence-corrected chi connectivity index (χ1v) is 26.0. The highest BCUT2D eigenvalue weighted by atomic mass is 32.1. The summed E-state index contributed by atoms with van der Waals surface area (Å²) in [6.07, 6.45) is 8.13. The van der Waals surface area contributed by atoms with E-state index in [9.17, 15) is 19.2 Å². The van der Waals surface area contributed by atoms with Crippen molar-refractivity contribution in [2.75, 3.05) is 33.9 Å². The van der Waals surface area contributed by atoms with Crippen LogP contribution in [0.15, 0.2) is 60.9 Å². The lowest BCUT2D eigenvalue weighted by Crippen LogP contribution is -2.53. The number of amides is 4. The molecule has 8 heterocycles. The number of aromatic amines is 2. The second-order valence-electron chi connectivity index (χ2n) is 20.2. The summed E-state index contributed by atoms with van der Waals surface area (Å²) in [5, 5.41) is 6.42. The highest BCUT2D eigenvalue weighted by Gasteiger charge is 2.42. The van der Waals surface area contributed by atoms with Crippen molar-refractivity contribution in [3.63, 3.8) is 0 Å². The maximum Gasteiger partial charge on any atom is 0.407 e. The Labute approximate surface area is 420 Å². The Morgan fingerprint density at radius 1 is 0.806 bits per heavy atom. The number of H-pyrrole nitrogens is 2. The van der Waals surface area contributed by atoms with Crippen LogP contribution in [0.25, 0.3) is 44.7 Å². The molecule has 4 aliphatic heterocycles. The van der Waals surface area contributed by atoms with Crippen LogP contribution < -0.4 is 15.4 Å². The summed E-state index contributed by atoms with van der Waals surface area (Å²) in [5.41, 5.74) is 4.69. The van der Waals surface area contributed by atoms with Crippen molar-refractivity contribution in [2.45, 2.75) is 115 Å². The Bertz CT molecular complexity index is 3050. The fraction of sp³-hybridized carbons (Fsp3) is 0.472. The van der Waals surface area contributed by atoms with Crippen molar-refractivity contribution in [2.24, 2.45) is 11.8 Å². The van der Waals surface area contributed by atoms with Crippen LogP contribution in [0.5, 0.6) is 5.75 Å². The number of nitrogens with zero attached hydrogens (tertiary/aromatic N) is 5. The fourth-order valence-corrected chi connectivity index (χ4v) is 12.5. The van der Waals surface area contributed by atoms with Crippen molar-refractivity contribution >= 4 is 46.2 Å². The second kappa shape index (κ2) is 19.4. The lowest BCUT2D eigenvalue weighted by molar-refractivity contribution is -0.137. The molecule has 4 N–H and O–H groups in total. The minimum Gasteiger partial charge on any atom is -0.464 e. The zero-order valence-electron chi connectivity index (χ0n) is 41.0. The van der Waals surface area contributed by atoms with Crippen LogP contribution >= 0.6 is 11.3 Å². The van der Waals surface area contributed by atoms with Crippen LogP contribution in [0.4, 0.5) is 14.0 Å². The second-order valence-corrected chi connectivity index (χ2v) is 21.3. The van der Waals surface area contributed by atoms with Crippen molar-refractivity contribution in [1.29, 1.82) is 0 Å². The zero-order valence-corrected chi connectivity index (χ0v) is 41.9. The maximum absolute atomic E-state index is 17.0. The summed E-state index contributed by atoms with van der Waals surface area (Å²) in [4.78, 5) is 75.2. The average Bonchev–Trinajstić information content (AvgIpc) is 4.11. The standard InChI is InChI=1S/C53H60FN9O8S/c1-27(2)45(59-52(66)68-4)49(64)61-17-6-8-38(61)48-56-26-36(58-48)32-22-34(54)44-40-23-33-21-30(12-13-37(33)63(40)51(71-41(44)24-32)43-15-14-42(72-43)29-10-11-29)35-25-55-47(57-35)39-9-7-18-62(39)50(65)46(60-53(67)69-5)31-16-19-70-28(3)20-31/h12-15,21-29,31,38-39,45-46,51H,6-11,16-20H2,1-5H3,(H,55,57)(H,56,58)(H,59,66)(H,60,67)/t28-,31?,38+,39+,45+,46+,51?/m1/s1. The molecule has 72 heavy (non-hydrogen) atoms. The molecule has 17 nitrogen and oxygen atoms in total. The molecule has 3 saturated heterocycles. The molecule has 2 unspecified atom stereocenters. The quantitative estimate of drug-likeness (QED) is 0.0917. The van der Waals surface area contributed by atoms with Crippen molar-refractivity contribution < 1.29 is 42.5 Å². The van der Waals surface area contributed by atoms with Gasteiger partial charge in [-0.1, -0.05) is 19.9 Å². The SMILES string of the molecule is COC(=O)N[C@H](C(=O)N1CCC[C@H]1c1ncc(-c2cc(F)c3c(c2)OC(c2ccc(C4CC4)s2)n2c-3cc3cc(-c4cnc([C@@H]5CCCN5C(=O)[C@@H](NC(=O)OC)C5CCO[C@H](C)C5)[nH]4)ccc32)[nH]1)C(C)C. The van der Waals surface area contributed by atoms with E-state index in [0.717, 1.165) is 59.1 Å². The molecule has 7 atom stereocenters. The summed E-state index contributed by atoms with van der Waals surface area (Å²) in [6.45, 7) is 7.30. The number of hydrogen-bond acceptors (Lipinski definition) is 11. The molecule has 1 saturated carbocycles. The molecule has 6 aromatic rings. The number of imidazole rings is 2. The minimum absolute atomic E-state index is 0.0261. The Balaban J connectivity index is 0.894. The van der Waals surface area contributed by atoms with Gasteiger partial charge in [0.1, 0.15) is 35.3 Å². The lowest BCUT2D eigenvalue weighted by Gasteiger charge is -2.36. The first kappa shape index (κ1) is 47.6. The molecule has 4 amide bonds. The molecule has 5 aliphatic rings. The number of ether oxygens (including phenoxy) is 4. The van der Waals surface area contributed by atoms with Gasteiger partial charge in [0.15, 0.2) is 0 Å². The molecule has 19 heteroatoms. The Morgan fingerprint density at radius 2 is 1.47 bits per heavy atom. The van der Waals surface area contributed by atoms with Gasteiger partial charge in [-0.2, -0.15) is 0 Å². The van der Waals surface area contributed by atoms with Gasteiger partial charge in [-0.05, 0) is 119 Å². The van der Waals surface area contributed by atoms with Crippen LogP contribution in [0.2, 0.25) is 0 Å². The fourth-order valence-electron chi connectivity index (χ4n) is 11.3. The molecule has 4 fully saturated rings. The highest BCUT2D eigenvalue weighted by molar-refractivity contribution is 7.12. The smallest absolute Gasteiger partial charge is 0.407 e. The monoisotopic (exact) mass is 1000 g/mol. The van der Waals surface area contributed by atoms with Crippen LogP contribution in [0.3, 0.4) is 0 Å². The van der Waals surface area contributed by atoms with E-state index in [4.69, 9.17) is 28.9 Å². The van der Waals surface area contributed by atoms with Gasteiger partial charge in [0.2, 0.25) is 18.0 Å². The predicted octanol–water partition coefficient (Wildman–Crippen LogP) is 9.35. The first-order valence-electron chi connectivity index (χ1n) is 25.1. The molecular weight excluding hydrogens is 942 g/mol. The van der Waals surface area contributed by atoms with Gasteiger partial charge in [-0.25, -0.2) is 23.9 Å². The van der Waals surface area contributed by atoms with Gasteiger partial charge >= 0.3 is 12.2 Å². The van der Waals surface area contributed by atoms with Gasteiger partial charge in [0, 0.05) is 41.1 Å². The molecule has 0 spiro atoms. The van der Waals surface area contributed by atoms with E-state index in [1.165, 1.54) is 25.2 Å². The predicted molar refractivity (Wildman–Crippen MR) is 267 cm³/mol. The van der Waals surface area contributed by atoms with Gasteiger partial charge in [-0.3, -0.25) is 14.2 Å². The number of aromatic nitrogens is 5. The van der Waals surface area contributed by atoms with Gasteiger partial charge in [0.25, 0.3) is 0 Å². The third-order valence-corrected chi connectivity index (χ3v) is 16.4. The Kier molecular flexibility index (Phi) is 12.8. The maximum atomic E-state index is 17.0. The number of thiophene rings is 1. The Morgan fingerprint density at radius 3 is 2.14 bits per heavy atom. The van der Waals surface area contributed by atoms with Crippen LogP contribution in [0.1, 0.15) is 118 Å². The van der Waals surface area contributed by atoms with Crippen LogP contribution in [-0.2, 0) is 23.8 Å². The number of fused-ring (bicyclic) bond motifs is 5. The van der Waals surface area contributed by atoms with Crippen LogP contribution in [0, 0.1) is 17.7 Å². The normalized spacial score (nSPS) is 22.6. The highest BCUT2D eigenvalue weighted by Crippen LogP contribution is 2.50. The summed E-state index contributed by atoms with van der Waals surface area (Å²) < 4.78 is 41.5. The van der Waals surface area contributed by atoms with E-state index >= 15 is 4.39 Å². The van der Waals surface area contributed by atoms with Crippen LogP contribution in [-0.4, -0.2) is 110 Å². The Hall–Kier alpha value is -6.73. The minimum atomic E-state index is -0.770. The number of hydrogen-bond donors (Lipinski definition) is 4. The number of rotatable bonds is 12. The lowest BCUT2D eigenvalue weighted by atomic mass is 9.88. The summed E-state index contributed by atoms with van der Waals surface area (Å²) in [7, 11) is 2.57. The van der Waals surface area contributed by atoms with Gasteiger partial charge in [-0.15, -0.1) is 11.3 Å². The molecule has 378 valence electrons. The van der Waals surface area contributed by atoms with E-state index in [1.807, 2.05) is 49.9 Å². The summed E-state index contributed by atoms with van der Waals surface area (Å²) in [6, 6.07) is 13.6. The van der Waals surface area contributed by atoms with E-state index in [0.29, 0.717) is 84.8 Å². The van der Waals surface area contributed by atoms with Crippen molar-refractivity contribution in [1.82, 2.24) is 44.9 Å². The van der Waals surface area contributed by atoms with E-state index in [2.05, 4.69) is 43.4 Å². The molecule has 11 rings (SSSR count). The van der Waals surface area contributed by atoms with Gasteiger partial charge < -0.3 is 49.3 Å². The molecule has 0 bridgehead atoms. The zero-order chi connectivity index (χ0) is 49.9. The summed E-state index contributed by atoms with van der Waals surface area (Å²) >= 11 is 1.73. The number of methoxy groups -OCH3 is 2. The number of likely N-dealkylation sites (tertiary alicyclic amines) is 2. The van der Waals surface area contributed by atoms with Crippen molar-refractivity contribution in [3.8, 4) is 39.5 Å². The van der Waals surface area contributed by atoms with Crippen molar-refractivity contribution in [3.05, 3.63) is 88.1 Å². The third-order valence-electron chi connectivity index (χ3n) is 15.1. The number of carbonyl (C=O) groups is 4. The van der Waals surface area contributed by atoms with E-state index in [-0.39, 0.29) is 41.8 Å². The number of nitrogens with one attached hydrogen (secondary N) is 4. The topological polar surface area (TPSA) is 198 Å². The largest absolute Gasteiger partial charge is 0.464 e. The molecule has 0 radical (unpaired) electrons. The third kappa shape index (κ3) is 8.87. The molecule has 1 aliphatic carbocycles. The molecular formula is C53H60FN9O8S. The number of benzene rings is 2. The van der Waals surface area contributed by atoms with E-state index in [1.54, 1.807) is 28.6 Å². The first-order chi connectivity index (χ1) is 34.9. The molecule has 2 aromatic carbocycles. The average molecular weight is 1000 g/mol.